The fraction of sp³-hybridized carbons (Fsp3) is 0.350. The van der Waals surface area contributed by atoms with Gasteiger partial charge in [-0.05, 0) is 17.7 Å². The van der Waals surface area contributed by atoms with E-state index in [0.29, 0.717) is 28.2 Å². The Morgan fingerprint density at radius 3 is 2.43 bits per heavy atom. The van der Waals surface area contributed by atoms with Crippen LogP contribution in [0.3, 0.4) is 0 Å². The molecule has 0 N–H and O–H groups in total. The highest BCUT2D eigenvalue weighted by atomic mass is 32.2. The predicted octanol–water partition coefficient (Wildman–Crippen LogP) is 2.37. The van der Waals surface area contributed by atoms with Crippen molar-refractivity contribution in [1.29, 1.82) is 0 Å². The van der Waals surface area contributed by atoms with Crippen LogP contribution in [0.1, 0.15) is 32.2 Å². The molecule has 0 atom stereocenters. The average Bonchev–Trinajstić information content (AvgIpc) is 3.26. The van der Waals surface area contributed by atoms with Gasteiger partial charge in [0.1, 0.15) is 11.5 Å². The fourth-order valence-corrected chi connectivity index (χ4v) is 4.17. The summed E-state index contributed by atoms with van der Waals surface area (Å²) in [5.41, 5.74) is 2.87. The Morgan fingerprint density at radius 2 is 1.80 bits per heavy atom. The van der Waals surface area contributed by atoms with Crippen LogP contribution >= 0.6 is 0 Å². The molecule has 156 valence electrons. The zero-order valence-electron chi connectivity index (χ0n) is 17.5. The van der Waals surface area contributed by atoms with Crippen LogP contribution in [-0.2, 0) is 28.8 Å². The summed E-state index contributed by atoms with van der Waals surface area (Å²) >= 11 is 0. The number of sulfone groups is 1. The third kappa shape index (κ3) is 3.58. The molecule has 0 saturated carbocycles. The fourth-order valence-electron chi connectivity index (χ4n) is 3.24. The number of aryl methyl sites for hydroxylation is 1. The molecule has 9 nitrogen and oxygen atoms in total. The summed E-state index contributed by atoms with van der Waals surface area (Å²) in [5.74, 6) is 0.645. The van der Waals surface area contributed by atoms with Gasteiger partial charge in [-0.25, -0.2) is 23.1 Å². The lowest BCUT2D eigenvalue weighted by Crippen LogP contribution is -2.18. The second-order valence-corrected chi connectivity index (χ2v) is 10.3. The van der Waals surface area contributed by atoms with E-state index in [4.69, 9.17) is 9.97 Å². The van der Waals surface area contributed by atoms with Crippen LogP contribution < -0.4 is 0 Å². The second kappa shape index (κ2) is 6.98. The van der Waals surface area contributed by atoms with E-state index in [1.54, 1.807) is 39.8 Å². The molecule has 0 radical (unpaired) electrons. The number of hydrogen-bond acceptors (Lipinski definition) is 7. The van der Waals surface area contributed by atoms with Crippen LogP contribution in [0.4, 0.5) is 0 Å². The molecule has 0 amide bonds. The summed E-state index contributed by atoms with van der Waals surface area (Å²) in [7, 11) is -1.54. The quantitative estimate of drug-likeness (QED) is 0.494. The van der Waals surface area contributed by atoms with Crippen molar-refractivity contribution in [3.63, 3.8) is 0 Å². The van der Waals surface area contributed by atoms with Gasteiger partial charge < -0.3 is 0 Å². The lowest BCUT2D eigenvalue weighted by Gasteiger charge is -2.17. The minimum absolute atomic E-state index is 0.227. The van der Waals surface area contributed by atoms with Gasteiger partial charge in [-0.3, -0.25) is 4.68 Å². The lowest BCUT2D eigenvalue weighted by molar-refractivity contribution is 0.545. The molecule has 30 heavy (non-hydrogen) atoms. The molecule has 0 spiro atoms. The van der Waals surface area contributed by atoms with Crippen LogP contribution in [0, 0.1) is 0 Å². The van der Waals surface area contributed by atoms with Gasteiger partial charge in [0, 0.05) is 24.9 Å². The summed E-state index contributed by atoms with van der Waals surface area (Å²) in [5, 5.41) is 12.8. The molecule has 10 heteroatoms. The molecule has 0 fully saturated rings. The maximum atomic E-state index is 12.2. The monoisotopic (exact) mass is 425 g/mol. The highest BCUT2D eigenvalue weighted by Gasteiger charge is 2.25. The second-order valence-electron chi connectivity index (χ2n) is 8.29. The maximum Gasteiger partial charge on any atom is 0.182 e. The number of fused-ring (bicyclic) bond motifs is 1. The first-order chi connectivity index (χ1) is 14.1. The molecular weight excluding hydrogens is 402 g/mol. The van der Waals surface area contributed by atoms with Gasteiger partial charge in [-0.1, -0.05) is 44.2 Å². The minimum atomic E-state index is -3.38. The number of nitrogens with zero attached hydrogens (tertiary/aromatic N) is 7. The van der Waals surface area contributed by atoms with E-state index >= 15 is 0 Å². The maximum absolute atomic E-state index is 12.2. The molecule has 0 saturated heterocycles. The highest BCUT2D eigenvalue weighted by molar-refractivity contribution is 7.90. The van der Waals surface area contributed by atoms with Crippen LogP contribution in [-0.4, -0.2) is 49.4 Å². The van der Waals surface area contributed by atoms with Crippen LogP contribution in [0.5, 0.6) is 0 Å². The minimum Gasteiger partial charge on any atom is -0.266 e. The third-order valence-electron chi connectivity index (χ3n) is 4.79. The van der Waals surface area contributed by atoms with E-state index in [1.807, 2.05) is 33.9 Å². The van der Waals surface area contributed by atoms with E-state index in [0.717, 1.165) is 5.69 Å². The number of rotatable bonds is 4. The van der Waals surface area contributed by atoms with Crippen molar-refractivity contribution in [2.24, 2.45) is 7.05 Å². The van der Waals surface area contributed by atoms with Crippen LogP contribution in [0.15, 0.2) is 41.4 Å². The Labute approximate surface area is 174 Å². The van der Waals surface area contributed by atoms with Crippen molar-refractivity contribution >= 4 is 21.0 Å². The number of aromatic nitrogens is 7. The van der Waals surface area contributed by atoms with E-state index < -0.39 is 9.84 Å². The van der Waals surface area contributed by atoms with E-state index in [1.165, 1.54) is 6.26 Å². The first kappa shape index (κ1) is 20.1. The normalized spacial score (nSPS) is 12.6. The standard InChI is InChI=1S/C20H23N7O2S/c1-20(2,3)19-22-16(14-10-11-21-26(14)4)17-18(23-19)27(25-24-17)12-13-8-6-7-9-15(13)30(5,28)29/h6-11H,12H2,1-5H3. The first-order valence-electron chi connectivity index (χ1n) is 9.44. The van der Waals surface area contributed by atoms with Gasteiger partial charge in [0.2, 0.25) is 0 Å². The van der Waals surface area contributed by atoms with E-state index in [9.17, 15) is 8.42 Å². The lowest BCUT2D eigenvalue weighted by atomic mass is 9.95. The Morgan fingerprint density at radius 1 is 1.07 bits per heavy atom. The van der Waals surface area contributed by atoms with Gasteiger partial charge in [0.05, 0.1) is 17.1 Å². The summed E-state index contributed by atoms with van der Waals surface area (Å²) in [4.78, 5) is 9.78. The Hall–Kier alpha value is -3.14. The molecule has 0 aliphatic rings. The van der Waals surface area contributed by atoms with Gasteiger partial charge >= 0.3 is 0 Å². The Bertz CT molecular complexity index is 1350. The molecule has 0 aliphatic heterocycles. The predicted molar refractivity (Wildman–Crippen MR) is 113 cm³/mol. The molecule has 0 bridgehead atoms. The Balaban J connectivity index is 1.93. The molecular formula is C20H23N7O2S. The van der Waals surface area contributed by atoms with E-state index in [2.05, 4.69) is 15.4 Å². The third-order valence-corrected chi connectivity index (χ3v) is 5.99. The van der Waals surface area contributed by atoms with Crippen molar-refractivity contribution in [3.05, 3.63) is 47.9 Å². The summed E-state index contributed by atoms with van der Waals surface area (Å²) in [6, 6.07) is 8.75. The van der Waals surface area contributed by atoms with Gasteiger partial charge in [-0.2, -0.15) is 5.10 Å². The summed E-state index contributed by atoms with van der Waals surface area (Å²) < 4.78 is 27.7. The molecule has 0 aliphatic carbocycles. The molecule has 4 rings (SSSR count). The van der Waals surface area contributed by atoms with Gasteiger partial charge in [-0.15, -0.1) is 5.10 Å². The molecule has 3 heterocycles. The average molecular weight is 426 g/mol. The topological polar surface area (TPSA) is 108 Å². The zero-order chi connectivity index (χ0) is 21.7. The van der Waals surface area contributed by atoms with Gasteiger partial charge in [0.25, 0.3) is 0 Å². The Kier molecular flexibility index (Phi) is 4.69. The van der Waals surface area contributed by atoms with Crippen molar-refractivity contribution in [3.8, 4) is 11.4 Å². The van der Waals surface area contributed by atoms with Crippen LogP contribution in [0.25, 0.3) is 22.6 Å². The summed E-state index contributed by atoms with van der Waals surface area (Å²) in [6.45, 7) is 6.34. The molecule has 1 aromatic carbocycles. The largest absolute Gasteiger partial charge is 0.266 e. The molecule has 3 aromatic heterocycles. The number of hydrogen-bond donors (Lipinski definition) is 0. The van der Waals surface area contributed by atoms with Gasteiger partial charge in [0.15, 0.2) is 21.0 Å². The van der Waals surface area contributed by atoms with E-state index in [-0.39, 0.29) is 16.9 Å². The smallest absolute Gasteiger partial charge is 0.182 e. The summed E-state index contributed by atoms with van der Waals surface area (Å²) in [6.07, 6.45) is 2.90. The van der Waals surface area contributed by atoms with Crippen molar-refractivity contribution in [2.75, 3.05) is 6.26 Å². The van der Waals surface area contributed by atoms with Crippen LogP contribution in [0.2, 0.25) is 0 Å². The number of benzene rings is 1. The highest BCUT2D eigenvalue weighted by Crippen LogP contribution is 2.28. The first-order valence-corrected chi connectivity index (χ1v) is 11.3. The molecule has 4 aromatic rings. The SMILES string of the molecule is Cn1nccc1-c1nc(C(C)(C)C)nc2c1nnn2Cc1ccccc1S(C)(=O)=O. The molecule has 0 unspecified atom stereocenters. The van der Waals surface area contributed by atoms with Crippen molar-refractivity contribution in [1.82, 2.24) is 34.7 Å². The van der Waals surface area contributed by atoms with Crippen molar-refractivity contribution < 1.29 is 8.42 Å². The van der Waals surface area contributed by atoms with Crippen molar-refractivity contribution in [2.45, 2.75) is 37.6 Å². The zero-order valence-corrected chi connectivity index (χ0v) is 18.3.